The van der Waals surface area contributed by atoms with E-state index < -0.39 is 12.1 Å². The molecule has 0 heterocycles. The fourth-order valence-electron chi connectivity index (χ4n) is 4.40. The maximum atomic E-state index is 12.5. The minimum Gasteiger partial charge on any atom is -0.482 e. The summed E-state index contributed by atoms with van der Waals surface area (Å²) in [5, 5.41) is 11.4. The first-order chi connectivity index (χ1) is 14.5. The number of hydrogen-bond donors (Lipinski definition) is 1. The Balaban J connectivity index is 1.42. The van der Waals surface area contributed by atoms with Gasteiger partial charge < -0.3 is 9.84 Å². The molecule has 154 valence electrons. The summed E-state index contributed by atoms with van der Waals surface area (Å²) in [6.45, 7) is 1.81. The average molecular weight is 402 g/mol. The SMILES string of the molecule is Cc1ccc(CCC[C@H]2CCC(=O)[C@@H]2Oc2cccc3ccccc23)cc1C(=O)O. The minimum atomic E-state index is -0.890. The van der Waals surface area contributed by atoms with Crippen LogP contribution in [-0.2, 0) is 11.2 Å². The highest BCUT2D eigenvalue weighted by Crippen LogP contribution is 2.34. The van der Waals surface area contributed by atoms with Crippen LogP contribution < -0.4 is 4.74 Å². The Morgan fingerprint density at radius 3 is 2.73 bits per heavy atom. The van der Waals surface area contributed by atoms with Gasteiger partial charge in [-0.05, 0) is 61.3 Å². The number of carboxylic acids is 1. The van der Waals surface area contributed by atoms with Crippen LogP contribution in [0.3, 0.4) is 0 Å². The molecule has 0 amide bonds. The Hall–Kier alpha value is -3.14. The monoisotopic (exact) mass is 402 g/mol. The van der Waals surface area contributed by atoms with Crippen molar-refractivity contribution in [1.29, 1.82) is 0 Å². The number of carbonyl (C=O) groups excluding carboxylic acids is 1. The Labute approximate surface area is 176 Å². The number of ketones is 1. The highest BCUT2D eigenvalue weighted by Gasteiger charge is 2.36. The summed E-state index contributed by atoms with van der Waals surface area (Å²) >= 11 is 0. The molecule has 1 aliphatic rings. The molecule has 0 radical (unpaired) electrons. The van der Waals surface area contributed by atoms with E-state index in [1.807, 2.05) is 61.5 Å². The lowest BCUT2D eigenvalue weighted by Crippen LogP contribution is -2.28. The molecule has 4 nitrogen and oxygen atoms in total. The molecule has 4 rings (SSSR count). The van der Waals surface area contributed by atoms with Crippen LogP contribution in [0.4, 0.5) is 0 Å². The van der Waals surface area contributed by atoms with Crippen molar-refractivity contribution >= 4 is 22.5 Å². The smallest absolute Gasteiger partial charge is 0.335 e. The number of carboxylic acid groups (broad SMARTS) is 1. The first-order valence-corrected chi connectivity index (χ1v) is 10.5. The summed E-state index contributed by atoms with van der Waals surface area (Å²) in [7, 11) is 0. The number of ether oxygens (including phenoxy) is 1. The highest BCUT2D eigenvalue weighted by molar-refractivity contribution is 5.90. The predicted molar refractivity (Wildman–Crippen MR) is 117 cm³/mol. The van der Waals surface area contributed by atoms with Crippen LogP contribution in [0.5, 0.6) is 5.75 Å². The number of aryl methyl sites for hydroxylation is 2. The van der Waals surface area contributed by atoms with Crippen LogP contribution in [-0.4, -0.2) is 23.0 Å². The summed E-state index contributed by atoms with van der Waals surface area (Å²) in [5.41, 5.74) is 2.16. The van der Waals surface area contributed by atoms with E-state index in [1.165, 1.54) is 0 Å². The Morgan fingerprint density at radius 1 is 1.10 bits per heavy atom. The lowest BCUT2D eigenvalue weighted by molar-refractivity contribution is -0.124. The quantitative estimate of drug-likeness (QED) is 0.559. The third-order valence-corrected chi connectivity index (χ3v) is 6.08. The van der Waals surface area contributed by atoms with Gasteiger partial charge in [0.05, 0.1) is 5.56 Å². The number of aromatic carboxylic acids is 1. The molecular weight excluding hydrogens is 376 g/mol. The summed E-state index contributed by atoms with van der Waals surface area (Å²) in [4.78, 5) is 23.9. The van der Waals surface area contributed by atoms with Crippen LogP contribution in [0.2, 0.25) is 0 Å². The fourth-order valence-corrected chi connectivity index (χ4v) is 4.40. The normalized spacial score (nSPS) is 18.6. The number of carbonyl (C=O) groups is 2. The molecule has 3 aromatic rings. The summed E-state index contributed by atoms with van der Waals surface area (Å²) in [5.74, 6) is 0.250. The van der Waals surface area contributed by atoms with Gasteiger partial charge in [0.25, 0.3) is 0 Å². The molecular formula is C26H26O4. The van der Waals surface area contributed by atoms with E-state index in [4.69, 9.17) is 4.74 Å². The molecule has 3 aromatic carbocycles. The second kappa shape index (κ2) is 8.70. The fraction of sp³-hybridized carbons (Fsp3) is 0.308. The van der Waals surface area contributed by atoms with Crippen LogP contribution >= 0.6 is 0 Å². The maximum absolute atomic E-state index is 12.5. The molecule has 4 heteroatoms. The number of hydrogen-bond acceptors (Lipinski definition) is 3. The molecule has 1 fully saturated rings. The van der Waals surface area contributed by atoms with Gasteiger partial charge >= 0.3 is 5.97 Å². The number of fused-ring (bicyclic) bond motifs is 1. The zero-order valence-corrected chi connectivity index (χ0v) is 17.1. The Kier molecular flexibility index (Phi) is 5.84. The van der Waals surface area contributed by atoms with Crippen molar-refractivity contribution < 1.29 is 19.4 Å². The van der Waals surface area contributed by atoms with Gasteiger partial charge in [-0.15, -0.1) is 0 Å². The van der Waals surface area contributed by atoms with Crippen molar-refractivity contribution in [3.05, 3.63) is 77.4 Å². The summed E-state index contributed by atoms with van der Waals surface area (Å²) in [6, 6.07) is 19.6. The van der Waals surface area contributed by atoms with Gasteiger partial charge in [-0.2, -0.15) is 0 Å². The van der Waals surface area contributed by atoms with E-state index >= 15 is 0 Å². The lowest BCUT2D eigenvalue weighted by atomic mass is 9.95. The second-order valence-electron chi connectivity index (χ2n) is 8.13. The van der Waals surface area contributed by atoms with E-state index in [-0.39, 0.29) is 11.7 Å². The van der Waals surface area contributed by atoms with E-state index in [2.05, 4.69) is 0 Å². The Morgan fingerprint density at radius 2 is 1.90 bits per heavy atom. The van der Waals surface area contributed by atoms with E-state index in [9.17, 15) is 14.7 Å². The van der Waals surface area contributed by atoms with E-state index in [0.29, 0.717) is 12.0 Å². The van der Waals surface area contributed by atoms with E-state index in [1.54, 1.807) is 6.07 Å². The third-order valence-electron chi connectivity index (χ3n) is 6.08. The average Bonchev–Trinajstić information content (AvgIpc) is 3.09. The van der Waals surface area contributed by atoms with Crippen molar-refractivity contribution in [2.75, 3.05) is 0 Å². The maximum Gasteiger partial charge on any atom is 0.335 e. The van der Waals surface area contributed by atoms with Crippen LogP contribution in [0.25, 0.3) is 10.8 Å². The first kappa shape index (κ1) is 20.1. The molecule has 2 atom stereocenters. The van der Waals surface area contributed by atoms with Gasteiger partial charge in [0, 0.05) is 17.7 Å². The van der Waals surface area contributed by atoms with Crippen LogP contribution in [0, 0.1) is 12.8 Å². The molecule has 30 heavy (non-hydrogen) atoms. The lowest BCUT2D eigenvalue weighted by Gasteiger charge is -2.21. The Bertz CT molecular complexity index is 1080. The minimum absolute atomic E-state index is 0.177. The summed E-state index contributed by atoms with van der Waals surface area (Å²) in [6.07, 6.45) is 3.60. The van der Waals surface area contributed by atoms with Crippen molar-refractivity contribution in [1.82, 2.24) is 0 Å². The predicted octanol–water partition coefficient (Wildman–Crippen LogP) is 5.60. The van der Waals surface area contributed by atoms with Gasteiger partial charge in [-0.25, -0.2) is 4.79 Å². The van der Waals surface area contributed by atoms with Crippen LogP contribution in [0.15, 0.2) is 60.7 Å². The highest BCUT2D eigenvalue weighted by atomic mass is 16.5. The number of Topliss-reactive ketones (excluding diaryl/α,β-unsaturated/α-hetero) is 1. The number of rotatable bonds is 7. The van der Waals surface area contributed by atoms with Crippen molar-refractivity contribution in [2.24, 2.45) is 5.92 Å². The van der Waals surface area contributed by atoms with Gasteiger partial charge in [-0.3, -0.25) is 4.79 Å². The molecule has 1 N–H and O–H groups in total. The topological polar surface area (TPSA) is 63.6 Å². The van der Waals surface area contributed by atoms with Gasteiger partial charge in [0.1, 0.15) is 5.75 Å². The van der Waals surface area contributed by atoms with Crippen LogP contribution in [0.1, 0.15) is 47.2 Å². The molecule has 0 saturated heterocycles. The largest absolute Gasteiger partial charge is 0.482 e. The zero-order valence-electron chi connectivity index (χ0n) is 17.1. The van der Waals surface area contributed by atoms with Gasteiger partial charge in [0.2, 0.25) is 0 Å². The van der Waals surface area contributed by atoms with Crippen molar-refractivity contribution in [3.8, 4) is 5.75 Å². The molecule has 1 aliphatic carbocycles. The molecule has 0 bridgehead atoms. The molecule has 0 aromatic heterocycles. The second-order valence-corrected chi connectivity index (χ2v) is 8.13. The van der Waals surface area contributed by atoms with Gasteiger partial charge in [-0.1, -0.05) is 48.5 Å². The third kappa shape index (κ3) is 4.23. The number of benzene rings is 3. The zero-order chi connectivity index (χ0) is 21.1. The van der Waals surface area contributed by atoms with Crippen molar-refractivity contribution in [2.45, 2.75) is 45.1 Å². The van der Waals surface area contributed by atoms with Crippen molar-refractivity contribution in [3.63, 3.8) is 0 Å². The van der Waals surface area contributed by atoms with Gasteiger partial charge in [0.15, 0.2) is 11.9 Å². The standard InChI is InChI=1S/C26H26O4/c1-17-12-13-18(16-22(17)26(28)29)6-4-9-20-14-15-23(27)25(20)30-24-11-5-8-19-7-2-3-10-21(19)24/h2-3,5,7-8,10-13,16,20,25H,4,6,9,14-15H2,1H3,(H,28,29)/t20-,25+/m0/s1. The summed E-state index contributed by atoms with van der Waals surface area (Å²) < 4.78 is 6.26. The molecule has 1 saturated carbocycles. The molecule has 0 unspecified atom stereocenters. The molecule has 0 spiro atoms. The van der Waals surface area contributed by atoms with E-state index in [0.717, 1.165) is 53.3 Å². The first-order valence-electron chi connectivity index (χ1n) is 10.5. The molecule has 0 aliphatic heterocycles.